The Bertz CT molecular complexity index is 1310. The second-order valence-corrected chi connectivity index (χ2v) is 8.39. The molecule has 0 bridgehead atoms. The highest BCUT2D eigenvalue weighted by molar-refractivity contribution is 6.01. The second-order valence-electron chi connectivity index (χ2n) is 8.39. The van der Waals surface area contributed by atoms with Gasteiger partial charge in [-0.3, -0.25) is 9.78 Å². The number of carboxylic acid groups (broad SMARTS) is 1. The first-order valence-electron chi connectivity index (χ1n) is 11.4. The molecule has 0 saturated carbocycles. The van der Waals surface area contributed by atoms with Crippen LogP contribution in [-0.4, -0.2) is 53.2 Å². The van der Waals surface area contributed by atoms with Gasteiger partial charge in [-0.1, -0.05) is 23.4 Å². The highest BCUT2D eigenvalue weighted by Crippen LogP contribution is 2.24. The number of pyridine rings is 1. The van der Waals surface area contributed by atoms with Gasteiger partial charge in [-0.15, -0.1) is 0 Å². The van der Waals surface area contributed by atoms with Gasteiger partial charge in [0.25, 0.3) is 0 Å². The molecule has 0 saturated heterocycles. The number of halogens is 3. The molecule has 0 fully saturated rings. The van der Waals surface area contributed by atoms with Gasteiger partial charge < -0.3 is 25.2 Å². The summed E-state index contributed by atoms with van der Waals surface area (Å²) >= 11 is 0. The van der Waals surface area contributed by atoms with Crippen LogP contribution in [0.5, 0.6) is 5.75 Å². The molecule has 12 heteroatoms. The van der Waals surface area contributed by atoms with Crippen LogP contribution in [0.3, 0.4) is 0 Å². The molecule has 0 aliphatic carbocycles. The summed E-state index contributed by atoms with van der Waals surface area (Å²) in [5, 5.41) is 12.4. The van der Waals surface area contributed by atoms with E-state index in [1.807, 2.05) is 49.4 Å². The van der Waals surface area contributed by atoms with E-state index < -0.39 is 24.2 Å². The number of nitrogens with zero attached hydrogens (tertiary/aromatic N) is 2. The van der Waals surface area contributed by atoms with Gasteiger partial charge in [0.15, 0.2) is 0 Å². The van der Waals surface area contributed by atoms with Crippen LogP contribution in [0.25, 0.3) is 10.9 Å². The number of carbonyl (C=O) groups is 2. The lowest BCUT2D eigenvalue weighted by Crippen LogP contribution is -2.35. The maximum atomic E-state index is 11.5. The Balaban J connectivity index is 0.000000505. The third-order valence-corrected chi connectivity index (χ3v) is 5.51. The number of esters is 1. The fraction of sp³-hybridized carbons (Fsp3) is 0.308. The third kappa shape index (κ3) is 7.65. The van der Waals surface area contributed by atoms with Crippen molar-refractivity contribution in [3.63, 3.8) is 0 Å². The summed E-state index contributed by atoms with van der Waals surface area (Å²) in [6.07, 6.45) is -4.36. The average Bonchev–Trinajstić information content (AvgIpc) is 3.35. The van der Waals surface area contributed by atoms with Crippen molar-refractivity contribution < 1.29 is 42.2 Å². The van der Waals surface area contributed by atoms with Gasteiger partial charge in [-0.2, -0.15) is 13.2 Å². The molecule has 4 rings (SSSR count). The van der Waals surface area contributed by atoms with Crippen molar-refractivity contribution >= 4 is 28.6 Å². The van der Waals surface area contributed by atoms with Crippen LogP contribution in [0, 0.1) is 6.92 Å². The lowest BCUT2D eigenvalue weighted by molar-refractivity contribution is -0.192. The van der Waals surface area contributed by atoms with E-state index in [1.54, 1.807) is 0 Å². The van der Waals surface area contributed by atoms with E-state index in [0.29, 0.717) is 19.4 Å². The average molecular weight is 534 g/mol. The van der Waals surface area contributed by atoms with Crippen molar-refractivity contribution in [2.45, 2.75) is 44.7 Å². The molecule has 38 heavy (non-hydrogen) atoms. The standard InChI is InChI=1S/C24H25N3O4.C2HF3O2/c1-15-11-17(20-5-3-4-6-22(20)26-15)14-30-18-9-7-16(8-10-18)23-13-19(31-27-23)12-21(25)24(28)29-2;3-2(4,5)1(6)7/h3-11,19,21H,12-14,25H2,1-2H3;(H,6,7). The number of methoxy groups -OCH3 is 1. The summed E-state index contributed by atoms with van der Waals surface area (Å²) in [4.78, 5) is 30.4. The molecule has 2 atom stereocenters. The molecular formula is C26H26F3N3O6. The van der Waals surface area contributed by atoms with E-state index in [1.165, 1.54) is 7.11 Å². The predicted octanol–water partition coefficient (Wildman–Crippen LogP) is 4.14. The van der Waals surface area contributed by atoms with Gasteiger partial charge in [0, 0.05) is 29.5 Å². The first-order valence-corrected chi connectivity index (χ1v) is 11.4. The van der Waals surface area contributed by atoms with Crippen molar-refractivity contribution in [2.75, 3.05) is 7.11 Å². The molecule has 0 radical (unpaired) electrons. The molecule has 2 unspecified atom stereocenters. The van der Waals surface area contributed by atoms with Crippen molar-refractivity contribution in [2.24, 2.45) is 10.9 Å². The Labute approximate surface area is 216 Å². The van der Waals surface area contributed by atoms with Gasteiger partial charge in [0.1, 0.15) is 24.5 Å². The highest BCUT2D eigenvalue weighted by atomic mass is 19.4. The molecule has 0 spiro atoms. The zero-order valence-corrected chi connectivity index (χ0v) is 20.6. The normalized spacial score (nSPS) is 15.5. The fourth-order valence-corrected chi connectivity index (χ4v) is 3.67. The Hall–Kier alpha value is -4.19. The summed E-state index contributed by atoms with van der Waals surface area (Å²) in [6, 6.07) is 17.2. The topological polar surface area (TPSA) is 133 Å². The van der Waals surface area contributed by atoms with Crippen molar-refractivity contribution in [1.29, 1.82) is 0 Å². The number of para-hydroxylation sites is 1. The van der Waals surface area contributed by atoms with E-state index in [0.717, 1.165) is 39.2 Å². The minimum atomic E-state index is -5.08. The van der Waals surface area contributed by atoms with Crippen LogP contribution >= 0.6 is 0 Å². The highest BCUT2D eigenvalue weighted by Gasteiger charge is 2.38. The molecule has 1 aromatic heterocycles. The number of aliphatic carboxylic acids is 1. The number of carboxylic acids is 1. The SMILES string of the molecule is COC(=O)C(N)CC1CC(c2ccc(OCc3cc(C)nc4ccccc34)cc2)=NO1.O=C(O)C(F)(F)F. The lowest BCUT2D eigenvalue weighted by Gasteiger charge is -2.13. The Morgan fingerprint density at radius 1 is 1.18 bits per heavy atom. The molecule has 2 heterocycles. The number of aryl methyl sites for hydroxylation is 1. The molecule has 202 valence electrons. The third-order valence-electron chi connectivity index (χ3n) is 5.51. The maximum absolute atomic E-state index is 11.5. The number of rotatable bonds is 7. The number of fused-ring (bicyclic) bond motifs is 1. The smallest absolute Gasteiger partial charge is 0.489 e. The lowest BCUT2D eigenvalue weighted by atomic mass is 10.0. The minimum absolute atomic E-state index is 0.233. The van der Waals surface area contributed by atoms with Crippen LogP contribution in [0.1, 0.15) is 29.7 Å². The van der Waals surface area contributed by atoms with Gasteiger partial charge in [0.2, 0.25) is 0 Å². The number of hydrogen-bond acceptors (Lipinski definition) is 8. The van der Waals surface area contributed by atoms with Crippen LogP contribution in [0.2, 0.25) is 0 Å². The Morgan fingerprint density at radius 2 is 1.84 bits per heavy atom. The quantitative estimate of drug-likeness (QED) is 0.433. The molecular weight excluding hydrogens is 507 g/mol. The van der Waals surface area contributed by atoms with E-state index in [4.69, 9.17) is 25.2 Å². The molecule has 1 aliphatic rings. The Morgan fingerprint density at radius 3 is 2.47 bits per heavy atom. The molecule has 0 amide bonds. The summed E-state index contributed by atoms with van der Waals surface area (Å²) in [6.45, 7) is 2.45. The van der Waals surface area contributed by atoms with Crippen LogP contribution in [0.15, 0.2) is 59.8 Å². The zero-order valence-electron chi connectivity index (χ0n) is 20.6. The monoisotopic (exact) mass is 533 g/mol. The van der Waals surface area contributed by atoms with E-state index in [2.05, 4.69) is 27.0 Å². The number of aromatic nitrogens is 1. The zero-order chi connectivity index (χ0) is 27.9. The van der Waals surface area contributed by atoms with Gasteiger partial charge in [-0.25, -0.2) is 4.79 Å². The molecule has 2 aromatic carbocycles. The minimum Gasteiger partial charge on any atom is -0.489 e. The van der Waals surface area contributed by atoms with Crippen molar-refractivity contribution in [1.82, 2.24) is 4.98 Å². The van der Waals surface area contributed by atoms with Gasteiger partial charge >= 0.3 is 18.1 Å². The van der Waals surface area contributed by atoms with Crippen molar-refractivity contribution in [3.8, 4) is 5.75 Å². The number of alkyl halides is 3. The number of hydrogen-bond donors (Lipinski definition) is 2. The number of oxime groups is 1. The molecule has 1 aliphatic heterocycles. The fourth-order valence-electron chi connectivity index (χ4n) is 3.67. The Kier molecular flexibility index (Phi) is 9.24. The van der Waals surface area contributed by atoms with E-state index in [-0.39, 0.29) is 6.10 Å². The van der Waals surface area contributed by atoms with Crippen LogP contribution in [0.4, 0.5) is 13.2 Å². The first-order chi connectivity index (χ1) is 18.0. The number of ether oxygens (including phenoxy) is 2. The summed E-state index contributed by atoms with van der Waals surface area (Å²) < 4.78 is 42.4. The summed E-state index contributed by atoms with van der Waals surface area (Å²) in [7, 11) is 1.32. The molecule has 9 nitrogen and oxygen atoms in total. The summed E-state index contributed by atoms with van der Waals surface area (Å²) in [5.74, 6) is -2.44. The number of benzene rings is 2. The second kappa shape index (κ2) is 12.4. The van der Waals surface area contributed by atoms with Crippen molar-refractivity contribution in [3.05, 3.63) is 71.4 Å². The largest absolute Gasteiger partial charge is 0.490 e. The molecule has 3 N–H and O–H groups in total. The number of carbonyl (C=O) groups excluding carboxylic acids is 1. The van der Waals surface area contributed by atoms with E-state index >= 15 is 0 Å². The first kappa shape index (κ1) is 28.4. The predicted molar refractivity (Wildman–Crippen MR) is 132 cm³/mol. The van der Waals surface area contributed by atoms with Crippen LogP contribution in [-0.2, 0) is 25.8 Å². The van der Waals surface area contributed by atoms with Gasteiger partial charge in [0.05, 0.1) is 18.3 Å². The summed E-state index contributed by atoms with van der Waals surface area (Å²) in [5.41, 5.74) is 10.6. The maximum Gasteiger partial charge on any atom is 0.490 e. The number of nitrogens with two attached hydrogens (primary N) is 1. The molecule has 3 aromatic rings. The van der Waals surface area contributed by atoms with E-state index in [9.17, 15) is 18.0 Å². The van der Waals surface area contributed by atoms with Gasteiger partial charge in [-0.05, 0) is 48.9 Å². The van der Waals surface area contributed by atoms with Crippen LogP contribution < -0.4 is 10.5 Å².